The highest BCUT2D eigenvalue weighted by Gasteiger charge is 2.14. The summed E-state index contributed by atoms with van der Waals surface area (Å²) in [6.45, 7) is 0. The smallest absolute Gasteiger partial charge is 0.252 e. The molecule has 0 aliphatic rings. The van der Waals surface area contributed by atoms with E-state index in [-0.39, 0.29) is 17.3 Å². The molecule has 0 radical (unpaired) electrons. The molecule has 0 saturated carbocycles. The molecule has 0 aliphatic carbocycles. The molecule has 0 saturated heterocycles. The Morgan fingerprint density at radius 3 is 2.64 bits per heavy atom. The number of nitrogens with zero attached hydrogens (tertiary/aromatic N) is 3. The van der Waals surface area contributed by atoms with Crippen LogP contribution in [0.15, 0.2) is 54.9 Å². The summed E-state index contributed by atoms with van der Waals surface area (Å²) in [5.74, 6) is -0.671. The molecular formula is C16H15N5O3S. The van der Waals surface area contributed by atoms with Gasteiger partial charge in [-0.15, -0.1) is 0 Å². The Morgan fingerprint density at radius 2 is 1.96 bits per heavy atom. The lowest BCUT2D eigenvalue weighted by atomic mass is 10.2. The van der Waals surface area contributed by atoms with Crippen LogP contribution in [-0.4, -0.2) is 35.0 Å². The van der Waals surface area contributed by atoms with Crippen LogP contribution in [0.2, 0.25) is 0 Å². The van der Waals surface area contributed by atoms with Crippen molar-refractivity contribution in [1.82, 2.24) is 14.8 Å². The first kappa shape index (κ1) is 16.7. The number of hydrogen-bond donors (Lipinski definition) is 3. The number of nitrogens with one attached hydrogen (secondary N) is 1. The van der Waals surface area contributed by atoms with Crippen molar-refractivity contribution in [3.8, 4) is 17.1 Å². The maximum atomic E-state index is 11.8. The van der Waals surface area contributed by atoms with E-state index in [1.54, 1.807) is 12.3 Å². The molecule has 3 rings (SSSR count). The number of benzene rings is 1. The summed E-state index contributed by atoms with van der Waals surface area (Å²) >= 11 is 0. The highest BCUT2D eigenvalue weighted by Crippen LogP contribution is 2.20. The summed E-state index contributed by atoms with van der Waals surface area (Å²) in [5.41, 5.74) is 7.60. The maximum Gasteiger partial charge on any atom is 0.252 e. The van der Waals surface area contributed by atoms with Gasteiger partial charge < -0.3 is 11.1 Å². The zero-order chi connectivity index (χ0) is 17.8. The van der Waals surface area contributed by atoms with Gasteiger partial charge in [0.15, 0.2) is 16.5 Å². The summed E-state index contributed by atoms with van der Waals surface area (Å²) in [6.07, 6.45) is 3.10. The van der Waals surface area contributed by atoms with Crippen molar-refractivity contribution >= 4 is 22.3 Å². The molecule has 0 spiro atoms. The predicted octanol–water partition coefficient (Wildman–Crippen LogP) is 1.01. The van der Waals surface area contributed by atoms with Gasteiger partial charge in [-0.05, 0) is 12.1 Å². The standard InChI is InChI=1S/C16H15N5O3S/c17-15(22)13-8-12(19-10-25(23)24)9-18-16(13)21-7-6-14(20-21)11-4-2-1-3-5-11/h1-9,19,25H,10H2,(H2,17,22). The molecule has 3 N–H and O–H groups in total. The molecule has 8 nitrogen and oxygen atoms in total. The number of carbonyl (C=O) groups is 1. The normalized spacial score (nSPS) is 10.8. The Bertz CT molecular complexity index is 974. The van der Waals surface area contributed by atoms with Crippen LogP contribution in [0.25, 0.3) is 17.1 Å². The molecule has 9 heteroatoms. The molecule has 0 unspecified atom stereocenters. The average Bonchev–Trinajstić information content (AvgIpc) is 3.10. The third-order valence-corrected chi connectivity index (χ3v) is 3.84. The van der Waals surface area contributed by atoms with Crippen LogP contribution in [0.3, 0.4) is 0 Å². The van der Waals surface area contributed by atoms with Crippen LogP contribution in [0, 0.1) is 0 Å². The first-order chi connectivity index (χ1) is 12.0. The average molecular weight is 357 g/mol. The summed E-state index contributed by atoms with van der Waals surface area (Å²) in [4.78, 5) is 16.0. The number of anilines is 1. The van der Waals surface area contributed by atoms with Gasteiger partial charge in [0.05, 0.1) is 23.1 Å². The van der Waals surface area contributed by atoms with E-state index in [0.717, 1.165) is 11.3 Å². The predicted molar refractivity (Wildman–Crippen MR) is 94.1 cm³/mol. The van der Waals surface area contributed by atoms with E-state index in [4.69, 9.17) is 5.73 Å². The highest BCUT2D eigenvalue weighted by molar-refractivity contribution is 7.72. The molecule has 1 amide bonds. The number of thiol groups is 1. The summed E-state index contributed by atoms with van der Waals surface area (Å²) in [6, 6.07) is 12.8. The number of aromatic nitrogens is 3. The third-order valence-electron chi connectivity index (χ3n) is 3.42. The fourth-order valence-corrected chi connectivity index (χ4v) is 2.59. The number of primary amides is 1. The zero-order valence-corrected chi connectivity index (χ0v) is 13.9. The van der Waals surface area contributed by atoms with Gasteiger partial charge in [-0.25, -0.2) is 18.1 Å². The molecule has 2 heterocycles. The van der Waals surface area contributed by atoms with Crippen molar-refractivity contribution in [2.24, 2.45) is 5.73 Å². The SMILES string of the molecule is NC(=O)c1cc(NC[SH](=O)=O)cnc1-n1ccc(-c2ccccc2)n1. The van der Waals surface area contributed by atoms with Crippen LogP contribution in [0.4, 0.5) is 5.69 Å². The van der Waals surface area contributed by atoms with Crippen molar-refractivity contribution in [3.05, 3.63) is 60.4 Å². The molecular weight excluding hydrogens is 342 g/mol. The highest BCUT2D eigenvalue weighted by atomic mass is 32.2. The van der Waals surface area contributed by atoms with E-state index >= 15 is 0 Å². The molecule has 128 valence electrons. The molecule has 2 aromatic heterocycles. The van der Waals surface area contributed by atoms with Crippen molar-refractivity contribution < 1.29 is 13.2 Å². The second kappa shape index (κ2) is 7.14. The van der Waals surface area contributed by atoms with Gasteiger partial charge >= 0.3 is 0 Å². The molecule has 0 bridgehead atoms. The van der Waals surface area contributed by atoms with Gasteiger partial charge in [-0.3, -0.25) is 4.79 Å². The summed E-state index contributed by atoms with van der Waals surface area (Å²) in [5, 5.41) is 7.08. The second-order valence-electron chi connectivity index (χ2n) is 5.14. The van der Waals surface area contributed by atoms with Crippen LogP contribution in [0.1, 0.15) is 10.4 Å². The molecule has 0 aliphatic heterocycles. The lowest BCUT2D eigenvalue weighted by molar-refractivity contribution is 0.1000. The molecule has 0 fully saturated rings. The van der Waals surface area contributed by atoms with E-state index in [2.05, 4.69) is 15.4 Å². The van der Waals surface area contributed by atoms with Crippen molar-refractivity contribution in [1.29, 1.82) is 0 Å². The number of pyridine rings is 1. The quantitative estimate of drug-likeness (QED) is 0.567. The topological polar surface area (TPSA) is 120 Å². The molecule has 3 aromatic rings. The van der Waals surface area contributed by atoms with E-state index in [1.165, 1.54) is 16.9 Å². The maximum absolute atomic E-state index is 11.8. The van der Waals surface area contributed by atoms with Crippen molar-refractivity contribution in [2.75, 3.05) is 11.2 Å². The van der Waals surface area contributed by atoms with Gasteiger partial charge in [0, 0.05) is 11.8 Å². The van der Waals surface area contributed by atoms with Crippen LogP contribution < -0.4 is 11.1 Å². The number of rotatable bonds is 6. The van der Waals surface area contributed by atoms with Gasteiger partial charge in [0.1, 0.15) is 5.88 Å². The van der Waals surface area contributed by atoms with Crippen molar-refractivity contribution in [2.45, 2.75) is 0 Å². The molecule has 25 heavy (non-hydrogen) atoms. The number of hydrogen-bond acceptors (Lipinski definition) is 6. The van der Waals surface area contributed by atoms with E-state index in [1.807, 2.05) is 30.3 Å². The fraction of sp³-hybridized carbons (Fsp3) is 0.0625. The largest absolute Gasteiger partial charge is 0.370 e. The van der Waals surface area contributed by atoms with Crippen LogP contribution >= 0.6 is 0 Å². The van der Waals surface area contributed by atoms with Gasteiger partial charge in [-0.1, -0.05) is 30.3 Å². The van der Waals surface area contributed by atoms with E-state index in [0.29, 0.717) is 5.69 Å². The minimum Gasteiger partial charge on any atom is -0.370 e. The monoisotopic (exact) mass is 357 g/mol. The number of nitrogens with two attached hydrogens (primary N) is 1. The van der Waals surface area contributed by atoms with E-state index in [9.17, 15) is 13.2 Å². The Labute approximate surface area is 145 Å². The van der Waals surface area contributed by atoms with Crippen LogP contribution in [-0.2, 0) is 10.7 Å². The minimum absolute atomic E-state index is 0.133. The van der Waals surface area contributed by atoms with Crippen LogP contribution in [0.5, 0.6) is 0 Å². The first-order valence-corrected chi connectivity index (χ1v) is 8.68. The molecule has 1 aromatic carbocycles. The third kappa shape index (κ3) is 3.83. The Kier molecular flexibility index (Phi) is 4.75. The lowest BCUT2D eigenvalue weighted by Crippen LogP contribution is -2.17. The van der Waals surface area contributed by atoms with Gasteiger partial charge in [0.2, 0.25) is 0 Å². The Morgan fingerprint density at radius 1 is 1.20 bits per heavy atom. The fourth-order valence-electron chi connectivity index (χ4n) is 2.28. The molecule has 0 atom stereocenters. The lowest BCUT2D eigenvalue weighted by Gasteiger charge is -2.09. The Balaban J connectivity index is 1.96. The first-order valence-electron chi connectivity index (χ1n) is 7.31. The summed E-state index contributed by atoms with van der Waals surface area (Å²) < 4.78 is 22.8. The van der Waals surface area contributed by atoms with Gasteiger partial charge in [-0.2, -0.15) is 5.10 Å². The minimum atomic E-state index is -2.60. The number of carbonyl (C=O) groups excluding carboxylic acids is 1. The van der Waals surface area contributed by atoms with E-state index < -0.39 is 16.6 Å². The van der Waals surface area contributed by atoms with Gasteiger partial charge in [0.25, 0.3) is 5.91 Å². The van der Waals surface area contributed by atoms with Crippen molar-refractivity contribution in [3.63, 3.8) is 0 Å². The Hall–Kier alpha value is -3.20. The number of amides is 1. The second-order valence-corrected chi connectivity index (χ2v) is 6.12. The summed E-state index contributed by atoms with van der Waals surface area (Å²) in [7, 11) is -2.60. The zero-order valence-electron chi connectivity index (χ0n) is 13.0.